The largest absolute Gasteiger partial charge is 0.492 e. The molecule has 8 heteroatoms. The lowest BCUT2D eigenvalue weighted by Gasteiger charge is -2.24. The van der Waals surface area contributed by atoms with Gasteiger partial charge in [-0.3, -0.25) is 9.10 Å². The van der Waals surface area contributed by atoms with Crippen LogP contribution in [0.3, 0.4) is 0 Å². The van der Waals surface area contributed by atoms with Crippen LogP contribution in [0.4, 0.5) is 5.69 Å². The number of aryl methyl sites for hydroxylation is 1. The monoisotopic (exact) mass is 410 g/mol. The second-order valence-electron chi connectivity index (χ2n) is 6.14. The predicted octanol–water partition coefficient (Wildman–Crippen LogP) is 2.92. The fourth-order valence-electron chi connectivity index (χ4n) is 2.46. The first kappa shape index (κ1) is 21.1. The number of halogens is 1. The van der Waals surface area contributed by atoms with Crippen LogP contribution in [0.1, 0.15) is 11.1 Å². The fraction of sp³-hybridized carbons (Fsp3) is 0.316. The molecule has 0 aliphatic heterocycles. The molecule has 0 spiro atoms. The summed E-state index contributed by atoms with van der Waals surface area (Å²) in [6.45, 7) is 3.96. The van der Waals surface area contributed by atoms with Gasteiger partial charge >= 0.3 is 0 Å². The quantitative estimate of drug-likeness (QED) is 0.679. The van der Waals surface area contributed by atoms with Crippen molar-refractivity contribution in [3.8, 4) is 5.75 Å². The minimum atomic E-state index is -3.60. The molecule has 0 heterocycles. The maximum Gasteiger partial charge on any atom is 0.240 e. The molecule has 1 N–H and O–H groups in total. The molecular weight excluding hydrogens is 388 g/mol. The lowest BCUT2D eigenvalue weighted by Crippen LogP contribution is -2.41. The number of rotatable bonds is 8. The summed E-state index contributed by atoms with van der Waals surface area (Å²) in [6, 6.07) is 12.3. The van der Waals surface area contributed by atoms with Crippen LogP contribution >= 0.6 is 11.6 Å². The number of ether oxygens (including phenoxy) is 1. The van der Waals surface area contributed by atoms with Gasteiger partial charge in [-0.15, -0.1) is 0 Å². The highest BCUT2D eigenvalue weighted by atomic mass is 35.5. The normalized spacial score (nSPS) is 11.1. The molecule has 2 aromatic carbocycles. The number of sulfonamides is 1. The van der Waals surface area contributed by atoms with Gasteiger partial charge in [0.2, 0.25) is 15.9 Å². The van der Waals surface area contributed by atoms with Crippen LogP contribution < -0.4 is 14.4 Å². The van der Waals surface area contributed by atoms with E-state index in [0.29, 0.717) is 16.5 Å². The topological polar surface area (TPSA) is 75.7 Å². The van der Waals surface area contributed by atoms with Crippen LogP contribution in [-0.4, -0.2) is 40.3 Å². The number of amides is 1. The molecule has 2 rings (SSSR count). The first-order valence-electron chi connectivity index (χ1n) is 8.37. The van der Waals surface area contributed by atoms with Gasteiger partial charge in [-0.2, -0.15) is 0 Å². The number of nitrogens with one attached hydrogen (secondary N) is 1. The van der Waals surface area contributed by atoms with E-state index < -0.39 is 15.9 Å². The van der Waals surface area contributed by atoms with Crippen LogP contribution in [0, 0.1) is 13.8 Å². The van der Waals surface area contributed by atoms with E-state index in [2.05, 4.69) is 5.32 Å². The summed E-state index contributed by atoms with van der Waals surface area (Å²) >= 11 is 5.80. The Kier molecular flexibility index (Phi) is 7.10. The first-order valence-corrected chi connectivity index (χ1v) is 10.6. The van der Waals surface area contributed by atoms with E-state index in [0.717, 1.165) is 21.7 Å². The zero-order valence-electron chi connectivity index (χ0n) is 15.5. The van der Waals surface area contributed by atoms with E-state index in [-0.39, 0.29) is 19.7 Å². The Morgan fingerprint density at radius 1 is 1.15 bits per heavy atom. The van der Waals surface area contributed by atoms with Gasteiger partial charge in [-0.05, 0) is 55.3 Å². The Balaban J connectivity index is 1.94. The first-order chi connectivity index (χ1) is 12.7. The van der Waals surface area contributed by atoms with Crippen molar-refractivity contribution in [1.29, 1.82) is 0 Å². The number of nitrogens with zero attached hydrogens (tertiary/aromatic N) is 1. The molecule has 0 bridgehead atoms. The summed E-state index contributed by atoms with van der Waals surface area (Å²) < 4.78 is 31.0. The van der Waals surface area contributed by atoms with Crippen molar-refractivity contribution in [3.05, 3.63) is 58.6 Å². The molecule has 0 aliphatic rings. The fourth-order valence-corrected chi connectivity index (χ4v) is 3.50. The highest BCUT2D eigenvalue weighted by molar-refractivity contribution is 7.92. The summed E-state index contributed by atoms with van der Waals surface area (Å²) in [5.74, 6) is 0.239. The number of benzene rings is 2. The summed E-state index contributed by atoms with van der Waals surface area (Å²) in [4.78, 5) is 12.2. The van der Waals surface area contributed by atoms with E-state index in [1.807, 2.05) is 19.9 Å². The Morgan fingerprint density at radius 2 is 1.81 bits per heavy atom. The van der Waals surface area contributed by atoms with E-state index >= 15 is 0 Å². The number of carbonyl (C=O) groups is 1. The van der Waals surface area contributed by atoms with Crippen molar-refractivity contribution in [2.75, 3.05) is 30.3 Å². The SMILES string of the molecule is Cc1cccc(N(CC(=O)NCCOc2ccc(Cl)cc2)S(C)(=O)=O)c1C. The Labute approximate surface area is 165 Å². The van der Waals surface area contributed by atoms with E-state index in [4.69, 9.17) is 16.3 Å². The van der Waals surface area contributed by atoms with Gasteiger partial charge in [0.15, 0.2) is 0 Å². The molecule has 146 valence electrons. The lowest BCUT2D eigenvalue weighted by atomic mass is 10.1. The Bertz CT molecular complexity index is 898. The van der Waals surface area contributed by atoms with Crippen molar-refractivity contribution < 1.29 is 17.9 Å². The van der Waals surface area contributed by atoms with Crippen molar-refractivity contribution in [2.45, 2.75) is 13.8 Å². The number of anilines is 1. The summed E-state index contributed by atoms with van der Waals surface area (Å²) in [7, 11) is -3.60. The third-order valence-corrected chi connectivity index (χ3v) is 5.42. The second-order valence-corrected chi connectivity index (χ2v) is 8.48. The molecule has 0 saturated heterocycles. The molecule has 0 radical (unpaired) electrons. The average Bonchev–Trinajstić information content (AvgIpc) is 2.60. The molecule has 6 nitrogen and oxygen atoms in total. The zero-order valence-corrected chi connectivity index (χ0v) is 17.1. The molecule has 2 aromatic rings. The number of hydrogen-bond donors (Lipinski definition) is 1. The van der Waals surface area contributed by atoms with Crippen molar-refractivity contribution in [3.63, 3.8) is 0 Å². The molecule has 0 aliphatic carbocycles. The molecule has 0 fully saturated rings. The summed E-state index contributed by atoms with van der Waals surface area (Å²) in [5.41, 5.74) is 2.28. The predicted molar refractivity (Wildman–Crippen MR) is 108 cm³/mol. The van der Waals surface area contributed by atoms with Crippen molar-refractivity contribution >= 4 is 33.2 Å². The highest BCUT2D eigenvalue weighted by Gasteiger charge is 2.22. The standard InChI is InChI=1S/C19H23ClN2O4S/c1-14-5-4-6-18(15(14)2)22(27(3,24)25)13-19(23)21-11-12-26-17-9-7-16(20)8-10-17/h4-10H,11-13H2,1-3H3,(H,21,23). The Hall–Kier alpha value is -2.25. The maximum atomic E-state index is 12.2. The lowest BCUT2D eigenvalue weighted by molar-refractivity contribution is -0.119. The van der Waals surface area contributed by atoms with Gasteiger partial charge in [-0.25, -0.2) is 8.42 Å². The maximum absolute atomic E-state index is 12.2. The van der Waals surface area contributed by atoms with Crippen LogP contribution in [0.15, 0.2) is 42.5 Å². The van der Waals surface area contributed by atoms with Crippen LogP contribution in [0.5, 0.6) is 5.75 Å². The van der Waals surface area contributed by atoms with Crippen LogP contribution in [0.2, 0.25) is 5.02 Å². The van der Waals surface area contributed by atoms with Crippen molar-refractivity contribution in [1.82, 2.24) is 5.32 Å². The molecular formula is C19H23ClN2O4S. The highest BCUT2D eigenvalue weighted by Crippen LogP contribution is 2.24. The minimum Gasteiger partial charge on any atom is -0.492 e. The smallest absolute Gasteiger partial charge is 0.240 e. The molecule has 27 heavy (non-hydrogen) atoms. The minimum absolute atomic E-state index is 0.256. The van der Waals surface area contributed by atoms with Crippen LogP contribution in [-0.2, 0) is 14.8 Å². The van der Waals surface area contributed by atoms with Gasteiger partial charge in [0.1, 0.15) is 18.9 Å². The van der Waals surface area contributed by atoms with Gasteiger partial charge in [0.25, 0.3) is 0 Å². The van der Waals surface area contributed by atoms with Gasteiger partial charge in [0, 0.05) is 5.02 Å². The molecule has 1 amide bonds. The second kappa shape index (κ2) is 9.10. The Morgan fingerprint density at radius 3 is 2.44 bits per heavy atom. The van der Waals surface area contributed by atoms with Gasteiger partial charge in [0.05, 0.1) is 18.5 Å². The number of hydrogen-bond acceptors (Lipinski definition) is 4. The van der Waals surface area contributed by atoms with E-state index in [1.54, 1.807) is 36.4 Å². The van der Waals surface area contributed by atoms with Crippen molar-refractivity contribution in [2.24, 2.45) is 0 Å². The summed E-state index contributed by atoms with van der Waals surface area (Å²) in [6.07, 6.45) is 1.09. The molecule has 0 unspecified atom stereocenters. The van der Waals surface area contributed by atoms with Gasteiger partial charge < -0.3 is 10.1 Å². The zero-order chi connectivity index (χ0) is 20.0. The molecule has 0 saturated carbocycles. The third-order valence-electron chi connectivity index (χ3n) is 4.04. The third kappa shape index (κ3) is 6.15. The van der Waals surface area contributed by atoms with E-state index in [1.165, 1.54) is 0 Å². The average molecular weight is 411 g/mol. The summed E-state index contributed by atoms with van der Waals surface area (Å²) in [5, 5.41) is 3.29. The number of carbonyl (C=O) groups excluding carboxylic acids is 1. The van der Waals surface area contributed by atoms with Gasteiger partial charge in [-0.1, -0.05) is 23.7 Å². The molecule has 0 aromatic heterocycles. The van der Waals surface area contributed by atoms with E-state index in [9.17, 15) is 13.2 Å². The van der Waals surface area contributed by atoms with Crippen LogP contribution in [0.25, 0.3) is 0 Å². The molecule has 0 atom stereocenters.